The van der Waals surface area contributed by atoms with E-state index in [1.807, 2.05) is 11.0 Å². The van der Waals surface area contributed by atoms with Crippen LogP contribution in [0.5, 0.6) is 0 Å². The largest absolute Gasteiger partial charge is 0.338 e. The first-order chi connectivity index (χ1) is 11.8. The van der Waals surface area contributed by atoms with Gasteiger partial charge in [0.25, 0.3) is 11.5 Å². The molecule has 3 heterocycles. The Kier molecular flexibility index (Phi) is 3.54. The predicted molar refractivity (Wildman–Crippen MR) is 95.6 cm³/mol. The van der Waals surface area contributed by atoms with Gasteiger partial charge < -0.3 is 10.6 Å². The molecule has 0 radical (unpaired) electrons. The lowest BCUT2D eigenvalue weighted by Crippen LogP contribution is -2.54. The van der Waals surface area contributed by atoms with E-state index in [1.54, 1.807) is 11.7 Å². The molecule has 2 aromatic rings. The van der Waals surface area contributed by atoms with Gasteiger partial charge in [-0.3, -0.25) is 19.4 Å². The number of likely N-dealkylation sites (tertiary alicyclic amines) is 1. The van der Waals surface area contributed by atoms with Crippen molar-refractivity contribution in [2.45, 2.75) is 45.1 Å². The fourth-order valence-electron chi connectivity index (χ4n) is 3.75. The molecule has 0 bridgehead atoms. The van der Waals surface area contributed by atoms with Gasteiger partial charge >= 0.3 is 0 Å². The first-order valence-electron chi connectivity index (χ1n) is 8.92. The maximum atomic E-state index is 13.3. The smallest absolute Gasteiger partial charge is 0.274 e. The SMILES string of the molecule is Cn1[nH]c(=O)c2c(C(=O)N3CCC(N)C(C)(C)C3)cc(C3CC3)nc21. The normalized spacial score (nSPS) is 23.2. The van der Waals surface area contributed by atoms with Crippen molar-refractivity contribution in [1.29, 1.82) is 0 Å². The number of nitrogens with two attached hydrogens (primary N) is 1. The molecule has 1 atom stereocenters. The fraction of sp³-hybridized carbons (Fsp3) is 0.611. The summed E-state index contributed by atoms with van der Waals surface area (Å²) < 4.78 is 1.61. The first kappa shape index (κ1) is 16.3. The number of piperidine rings is 1. The Balaban J connectivity index is 1.80. The standard InChI is InChI=1S/C18H25N5O2/c1-18(2)9-23(7-6-13(18)19)17(25)11-8-12(10-4-5-10)20-15-14(11)16(24)21-22(15)3/h8,10,13H,4-7,9,19H2,1-3H3,(H,21,24). The molecule has 3 N–H and O–H groups in total. The summed E-state index contributed by atoms with van der Waals surface area (Å²) in [6, 6.07) is 1.91. The van der Waals surface area contributed by atoms with Crippen molar-refractivity contribution in [1.82, 2.24) is 19.7 Å². The molecule has 25 heavy (non-hydrogen) atoms. The van der Waals surface area contributed by atoms with Crippen LogP contribution < -0.4 is 11.3 Å². The van der Waals surface area contributed by atoms with Crippen LogP contribution in [0.25, 0.3) is 11.0 Å². The lowest BCUT2D eigenvalue weighted by atomic mass is 9.79. The minimum absolute atomic E-state index is 0.0798. The van der Waals surface area contributed by atoms with Crippen molar-refractivity contribution < 1.29 is 4.79 Å². The van der Waals surface area contributed by atoms with Gasteiger partial charge in [0.2, 0.25) is 0 Å². The van der Waals surface area contributed by atoms with Crippen LogP contribution in [0.3, 0.4) is 0 Å². The molecule has 134 valence electrons. The van der Waals surface area contributed by atoms with E-state index in [-0.39, 0.29) is 22.9 Å². The van der Waals surface area contributed by atoms with Gasteiger partial charge in [0.1, 0.15) is 0 Å². The molecule has 0 spiro atoms. The number of fused-ring (bicyclic) bond motifs is 1. The maximum absolute atomic E-state index is 13.3. The number of pyridine rings is 1. The number of hydrogen-bond acceptors (Lipinski definition) is 4. The molecule has 2 aliphatic rings. The van der Waals surface area contributed by atoms with E-state index in [1.165, 1.54) is 0 Å². The summed E-state index contributed by atoms with van der Waals surface area (Å²) in [6.45, 7) is 5.39. The van der Waals surface area contributed by atoms with Gasteiger partial charge in [-0.25, -0.2) is 4.98 Å². The Bertz CT molecular complexity index is 906. The van der Waals surface area contributed by atoms with Gasteiger partial charge in [-0.05, 0) is 30.7 Å². The summed E-state index contributed by atoms with van der Waals surface area (Å²) >= 11 is 0. The van der Waals surface area contributed by atoms with E-state index in [2.05, 4.69) is 23.9 Å². The topological polar surface area (TPSA) is 97.0 Å². The minimum atomic E-state index is -0.260. The maximum Gasteiger partial charge on any atom is 0.274 e. The highest BCUT2D eigenvalue weighted by Crippen LogP contribution is 2.40. The summed E-state index contributed by atoms with van der Waals surface area (Å²) in [5.41, 5.74) is 7.75. The number of rotatable bonds is 2. The molecule has 7 nitrogen and oxygen atoms in total. The van der Waals surface area contributed by atoms with Gasteiger partial charge in [0.05, 0.1) is 10.9 Å². The number of H-pyrrole nitrogens is 1. The second-order valence-electron chi connectivity index (χ2n) is 8.18. The Morgan fingerprint density at radius 2 is 2.08 bits per heavy atom. The number of nitrogens with one attached hydrogen (secondary N) is 1. The average Bonchev–Trinajstić information content (AvgIpc) is 3.36. The Hall–Kier alpha value is -2.15. The minimum Gasteiger partial charge on any atom is -0.338 e. The fourth-order valence-corrected chi connectivity index (χ4v) is 3.75. The van der Waals surface area contributed by atoms with E-state index in [0.717, 1.165) is 25.0 Å². The van der Waals surface area contributed by atoms with Crippen molar-refractivity contribution in [2.24, 2.45) is 18.2 Å². The predicted octanol–water partition coefficient (Wildman–Crippen LogP) is 1.34. The number of hydrogen-bond donors (Lipinski definition) is 2. The van der Waals surface area contributed by atoms with E-state index < -0.39 is 0 Å². The molecule has 1 aliphatic carbocycles. The number of carbonyl (C=O) groups is 1. The highest BCUT2D eigenvalue weighted by molar-refractivity contribution is 6.05. The summed E-state index contributed by atoms with van der Waals surface area (Å²) in [5.74, 6) is 0.318. The summed E-state index contributed by atoms with van der Waals surface area (Å²) in [4.78, 5) is 32.1. The van der Waals surface area contributed by atoms with Crippen LogP contribution in [0.4, 0.5) is 0 Å². The van der Waals surface area contributed by atoms with Crippen molar-refractivity contribution in [2.75, 3.05) is 13.1 Å². The second kappa shape index (κ2) is 5.42. The zero-order chi connectivity index (χ0) is 17.9. The number of amides is 1. The highest BCUT2D eigenvalue weighted by Gasteiger charge is 2.37. The number of carbonyl (C=O) groups excluding carboxylic acids is 1. The third-order valence-electron chi connectivity index (χ3n) is 5.66. The molecule has 1 saturated heterocycles. The number of aromatic amines is 1. The summed E-state index contributed by atoms with van der Waals surface area (Å²) in [6.07, 6.45) is 2.96. The van der Waals surface area contributed by atoms with Crippen LogP contribution in [0.2, 0.25) is 0 Å². The van der Waals surface area contributed by atoms with Gasteiger partial charge in [0, 0.05) is 37.8 Å². The van der Waals surface area contributed by atoms with E-state index in [9.17, 15) is 9.59 Å². The third kappa shape index (κ3) is 2.66. The summed E-state index contributed by atoms with van der Waals surface area (Å²) in [5, 5.41) is 3.12. The number of aryl methyl sites for hydroxylation is 1. The number of aromatic nitrogens is 3. The van der Waals surface area contributed by atoms with Crippen molar-refractivity contribution in [3.63, 3.8) is 0 Å². The molecule has 4 rings (SSSR count). The molecule has 2 fully saturated rings. The third-order valence-corrected chi connectivity index (χ3v) is 5.66. The number of nitrogens with zero attached hydrogens (tertiary/aromatic N) is 3. The molecule has 7 heteroatoms. The molecule has 1 unspecified atom stereocenters. The van der Waals surface area contributed by atoms with Gasteiger partial charge in [-0.15, -0.1) is 0 Å². The molecule has 1 aliphatic heterocycles. The van der Waals surface area contributed by atoms with E-state index in [4.69, 9.17) is 5.73 Å². The summed E-state index contributed by atoms with van der Waals surface area (Å²) in [7, 11) is 1.75. The van der Waals surface area contributed by atoms with E-state index >= 15 is 0 Å². The van der Waals surface area contributed by atoms with E-state index in [0.29, 0.717) is 35.6 Å². The molecule has 1 amide bonds. The highest BCUT2D eigenvalue weighted by atomic mass is 16.2. The molecular weight excluding hydrogens is 318 g/mol. The van der Waals surface area contributed by atoms with Crippen LogP contribution in [0.15, 0.2) is 10.9 Å². The quantitative estimate of drug-likeness (QED) is 0.860. The molecule has 1 saturated carbocycles. The average molecular weight is 343 g/mol. The van der Waals surface area contributed by atoms with Crippen LogP contribution in [0.1, 0.15) is 55.1 Å². The van der Waals surface area contributed by atoms with Gasteiger partial charge in [-0.1, -0.05) is 13.8 Å². The van der Waals surface area contributed by atoms with Crippen molar-refractivity contribution >= 4 is 16.9 Å². The lowest BCUT2D eigenvalue weighted by molar-refractivity contribution is 0.0534. The Labute approximate surface area is 146 Å². The van der Waals surface area contributed by atoms with Crippen LogP contribution in [-0.4, -0.2) is 44.7 Å². The molecular formula is C18H25N5O2. The van der Waals surface area contributed by atoms with Crippen LogP contribution in [0, 0.1) is 5.41 Å². The first-order valence-corrected chi connectivity index (χ1v) is 8.92. The van der Waals surface area contributed by atoms with Crippen LogP contribution in [-0.2, 0) is 7.05 Å². The zero-order valence-corrected chi connectivity index (χ0v) is 15.0. The van der Waals surface area contributed by atoms with Crippen molar-refractivity contribution in [3.05, 3.63) is 27.7 Å². The second-order valence-corrected chi connectivity index (χ2v) is 8.18. The van der Waals surface area contributed by atoms with Crippen molar-refractivity contribution in [3.8, 4) is 0 Å². The molecule has 0 aromatic carbocycles. The molecule has 2 aromatic heterocycles. The Morgan fingerprint density at radius 1 is 1.36 bits per heavy atom. The van der Waals surface area contributed by atoms with Gasteiger partial charge in [-0.2, -0.15) is 0 Å². The Morgan fingerprint density at radius 3 is 2.72 bits per heavy atom. The monoisotopic (exact) mass is 343 g/mol. The van der Waals surface area contributed by atoms with Crippen LogP contribution >= 0.6 is 0 Å². The zero-order valence-electron chi connectivity index (χ0n) is 15.0. The lowest BCUT2D eigenvalue weighted by Gasteiger charge is -2.42. The van der Waals surface area contributed by atoms with Gasteiger partial charge in [0.15, 0.2) is 5.65 Å².